The van der Waals surface area contributed by atoms with E-state index in [1.165, 1.54) is 5.52 Å². The smallest absolute Gasteiger partial charge is 0.123 e. The van der Waals surface area contributed by atoms with Crippen molar-refractivity contribution in [1.82, 2.24) is 14.9 Å². The second-order valence-electron chi connectivity index (χ2n) is 6.11. The number of hydrogen-bond donors (Lipinski definition) is 2. The summed E-state index contributed by atoms with van der Waals surface area (Å²) in [6, 6.07) is 8.30. The van der Waals surface area contributed by atoms with Crippen LogP contribution in [0.15, 0.2) is 24.3 Å². The fourth-order valence-electron chi connectivity index (χ4n) is 3.07. The van der Waals surface area contributed by atoms with Crippen molar-refractivity contribution in [2.75, 3.05) is 18.1 Å². The van der Waals surface area contributed by atoms with E-state index in [0.717, 1.165) is 48.7 Å². The Morgan fingerprint density at radius 2 is 2.09 bits per heavy atom. The Balaban J connectivity index is 1.69. The fourth-order valence-corrected chi connectivity index (χ4v) is 4.32. The average molecular weight is 319 g/mol. The van der Waals surface area contributed by atoms with Gasteiger partial charge in [-0.05, 0) is 42.9 Å². The molecule has 3 rings (SSSR count). The van der Waals surface area contributed by atoms with Crippen LogP contribution in [0.2, 0.25) is 0 Å². The highest BCUT2D eigenvalue weighted by molar-refractivity contribution is 7.99. The molecule has 4 nitrogen and oxygen atoms in total. The lowest BCUT2D eigenvalue weighted by Gasteiger charge is -2.31. The molecule has 22 heavy (non-hydrogen) atoms. The number of nitrogens with zero attached hydrogens (tertiary/aromatic N) is 2. The lowest BCUT2D eigenvalue weighted by Crippen LogP contribution is -2.43. The molecule has 0 spiro atoms. The predicted molar refractivity (Wildman–Crippen MR) is 93.2 cm³/mol. The number of aliphatic hydroxyl groups is 1. The molecule has 0 unspecified atom stereocenters. The summed E-state index contributed by atoms with van der Waals surface area (Å²) in [5, 5.41) is 14.0. The van der Waals surface area contributed by atoms with Crippen LogP contribution in [0.3, 0.4) is 0 Å². The van der Waals surface area contributed by atoms with Crippen LogP contribution in [-0.2, 0) is 13.1 Å². The molecule has 2 N–H and O–H groups in total. The largest absolute Gasteiger partial charge is 0.389 e. The summed E-state index contributed by atoms with van der Waals surface area (Å²) in [7, 11) is 0. The molecule has 120 valence electrons. The third-order valence-corrected chi connectivity index (χ3v) is 5.33. The van der Waals surface area contributed by atoms with Gasteiger partial charge in [0.05, 0.1) is 23.2 Å². The van der Waals surface area contributed by atoms with Crippen LogP contribution in [0, 0.1) is 0 Å². The molecule has 1 aliphatic heterocycles. The van der Waals surface area contributed by atoms with Crippen molar-refractivity contribution < 1.29 is 5.11 Å². The van der Waals surface area contributed by atoms with Gasteiger partial charge in [-0.1, -0.05) is 19.1 Å². The molecule has 2 aromatic rings. The van der Waals surface area contributed by atoms with Crippen LogP contribution >= 0.6 is 11.8 Å². The van der Waals surface area contributed by atoms with Crippen LogP contribution in [-0.4, -0.2) is 38.3 Å². The van der Waals surface area contributed by atoms with Gasteiger partial charge in [-0.2, -0.15) is 11.8 Å². The first-order valence-electron chi connectivity index (χ1n) is 8.17. The highest BCUT2D eigenvalue weighted by Gasteiger charge is 2.29. The highest BCUT2D eigenvalue weighted by atomic mass is 32.2. The molecule has 0 aliphatic carbocycles. The van der Waals surface area contributed by atoms with E-state index in [2.05, 4.69) is 35.0 Å². The first kappa shape index (κ1) is 15.8. The molecule has 0 bridgehead atoms. The normalized spacial score (nSPS) is 17.9. The standard InChI is InChI=1S/C17H25N3OS/c1-2-9-20-15-6-4-3-5-14(15)19-16(20)12-18-13-17(21)7-10-22-11-8-17/h3-6,18,21H,2,7-13H2,1H3. The third kappa shape index (κ3) is 3.47. The van der Waals surface area contributed by atoms with Gasteiger partial charge in [0.25, 0.3) is 0 Å². The van der Waals surface area contributed by atoms with Gasteiger partial charge in [0.2, 0.25) is 0 Å². The molecule has 2 heterocycles. The number of aromatic nitrogens is 2. The molecule has 1 fully saturated rings. The fraction of sp³-hybridized carbons (Fsp3) is 0.588. The number of imidazole rings is 1. The Hall–Kier alpha value is -1.04. The minimum atomic E-state index is -0.535. The molecule has 0 radical (unpaired) electrons. The summed E-state index contributed by atoms with van der Waals surface area (Å²) in [6.45, 7) is 4.54. The SMILES string of the molecule is CCCn1c(CNCC2(O)CCSCC2)nc2ccccc21. The molecule has 0 amide bonds. The number of para-hydroxylation sites is 2. The maximum atomic E-state index is 10.6. The Kier molecular flexibility index (Phi) is 5.06. The van der Waals surface area contributed by atoms with Gasteiger partial charge in [-0.3, -0.25) is 0 Å². The van der Waals surface area contributed by atoms with Gasteiger partial charge in [-0.25, -0.2) is 4.98 Å². The van der Waals surface area contributed by atoms with Gasteiger partial charge in [0.1, 0.15) is 5.82 Å². The van der Waals surface area contributed by atoms with Crippen molar-refractivity contribution in [2.45, 2.75) is 44.9 Å². The molecule has 1 saturated heterocycles. The van der Waals surface area contributed by atoms with E-state index < -0.39 is 5.60 Å². The summed E-state index contributed by atoms with van der Waals surface area (Å²) in [4.78, 5) is 4.75. The molecule has 1 aromatic carbocycles. The zero-order valence-corrected chi connectivity index (χ0v) is 14.0. The van der Waals surface area contributed by atoms with Crippen molar-refractivity contribution in [3.8, 4) is 0 Å². The molecule has 5 heteroatoms. The number of rotatable bonds is 6. The van der Waals surface area contributed by atoms with Crippen molar-refractivity contribution in [1.29, 1.82) is 0 Å². The van der Waals surface area contributed by atoms with Crippen molar-refractivity contribution >= 4 is 22.8 Å². The zero-order valence-electron chi connectivity index (χ0n) is 13.2. The third-order valence-electron chi connectivity index (χ3n) is 4.34. The van der Waals surface area contributed by atoms with E-state index in [9.17, 15) is 5.11 Å². The van der Waals surface area contributed by atoms with E-state index in [1.54, 1.807) is 0 Å². The van der Waals surface area contributed by atoms with Crippen LogP contribution < -0.4 is 5.32 Å². The number of fused-ring (bicyclic) bond motifs is 1. The number of aryl methyl sites for hydroxylation is 1. The van der Waals surface area contributed by atoms with Crippen LogP contribution in [0.1, 0.15) is 32.0 Å². The first-order chi connectivity index (χ1) is 10.7. The number of benzene rings is 1. The summed E-state index contributed by atoms with van der Waals surface area (Å²) < 4.78 is 2.29. The van der Waals surface area contributed by atoms with Crippen LogP contribution in [0.25, 0.3) is 11.0 Å². The predicted octanol–water partition coefficient (Wildman–Crippen LogP) is 2.79. The van der Waals surface area contributed by atoms with Crippen molar-refractivity contribution in [2.24, 2.45) is 0 Å². The summed E-state index contributed by atoms with van der Waals surface area (Å²) >= 11 is 1.93. The van der Waals surface area contributed by atoms with Crippen molar-refractivity contribution in [3.05, 3.63) is 30.1 Å². The minimum absolute atomic E-state index is 0.535. The zero-order chi connectivity index (χ0) is 15.4. The van der Waals surface area contributed by atoms with E-state index in [1.807, 2.05) is 17.8 Å². The maximum absolute atomic E-state index is 10.6. The van der Waals surface area contributed by atoms with Crippen molar-refractivity contribution in [3.63, 3.8) is 0 Å². The van der Waals surface area contributed by atoms with E-state index >= 15 is 0 Å². The molecular weight excluding hydrogens is 294 g/mol. The quantitative estimate of drug-likeness (QED) is 0.859. The summed E-state index contributed by atoms with van der Waals surface area (Å²) in [5.74, 6) is 3.19. The second kappa shape index (κ2) is 7.02. The maximum Gasteiger partial charge on any atom is 0.123 e. The molecular formula is C17H25N3OS. The van der Waals surface area contributed by atoms with E-state index in [0.29, 0.717) is 13.1 Å². The van der Waals surface area contributed by atoms with Gasteiger partial charge in [0.15, 0.2) is 0 Å². The Morgan fingerprint density at radius 1 is 1.32 bits per heavy atom. The topological polar surface area (TPSA) is 50.1 Å². The Morgan fingerprint density at radius 3 is 2.86 bits per heavy atom. The van der Waals surface area contributed by atoms with Gasteiger partial charge in [-0.15, -0.1) is 0 Å². The lowest BCUT2D eigenvalue weighted by molar-refractivity contribution is 0.0318. The second-order valence-corrected chi connectivity index (χ2v) is 7.33. The van der Waals surface area contributed by atoms with Crippen LogP contribution in [0.5, 0.6) is 0 Å². The highest BCUT2D eigenvalue weighted by Crippen LogP contribution is 2.26. The lowest BCUT2D eigenvalue weighted by atomic mass is 9.97. The monoisotopic (exact) mass is 319 g/mol. The summed E-state index contributed by atoms with van der Waals surface area (Å²) in [5.41, 5.74) is 1.72. The Bertz CT molecular complexity index is 619. The minimum Gasteiger partial charge on any atom is -0.389 e. The number of hydrogen-bond acceptors (Lipinski definition) is 4. The van der Waals surface area contributed by atoms with E-state index in [4.69, 9.17) is 4.98 Å². The molecule has 1 aliphatic rings. The molecule has 1 aromatic heterocycles. The van der Waals surface area contributed by atoms with Crippen LogP contribution in [0.4, 0.5) is 0 Å². The number of thioether (sulfide) groups is 1. The van der Waals surface area contributed by atoms with Gasteiger partial charge >= 0.3 is 0 Å². The number of nitrogens with one attached hydrogen (secondary N) is 1. The van der Waals surface area contributed by atoms with Gasteiger partial charge < -0.3 is 15.0 Å². The van der Waals surface area contributed by atoms with E-state index in [-0.39, 0.29) is 0 Å². The first-order valence-corrected chi connectivity index (χ1v) is 9.32. The average Bonchev–Trinajstić information content (AvgIpc) is 2.86. The summed E-state index contributed by atoms with van der Waals surface area (Å²) in [6.07, 6.45) is 2.86. The molecule has 0 saturated carbocycles. The molecule has 0 atom stereocenters. The Labute approximate surface area is 136 Å². The van der Waals surface area contributed by atoms with Gasteiger partial charge in [0, 0.05) is 13.1 Å².